The molecule has 104 valence electrons. The van der Waals surface area contributed by atoms with E-state index in [1.807, 2.05) is 0 Å². The number of halogens is 1. The fourth-order valence-electron chi connectivity index (χ4n) is 1.92. The molecular weight excluding hydrogens is 268 g/mol. The molecule has 0 aliphatic carbocycles. The molecule has 1 aromatic carbocycles. The Kier molecular flexibility index (Phi) is 5.18. The van der Waals surface area contributed by atoms with Crippen molar-refractivity contribution in [3.63, 3.8) is 0 Å². The second kappa shape index (κ2) is 6.43. The van der Waals surface area contributed by atoms with Crippen molar-refractivity contribution in [1.29, 1.82) is 0 Å². The molecule has 3 N–H and O–H groups in total. The molecule has 0 heterocycles. The number of nitrogens with zero attached hydrogens (tertiary/aromatic N) is 1. The zero-order valence-electron chi connectivity index (χ0n) is 10.9. The van der Waals surface area contributed by atoms with E-state index in [9.17, 15) is 9.59 Å². The van der Waals surface area contributed by atoms with Gasteiger partial charge in [-0.2, -0.15) is 0 Å². The zero-order chi connectivity index (χ0) is 14.6. The van der Waals surface area contributed by atoms with Crippen LogP contribution in [0.25, 0.3) is 0 Å². The predicted molar refractivity (Wildman–Crippen MR) is 74.3 cm³/mol. The first-order chi connectivity index (χ1) is 8.85. The van der Waals surface area contributed by atoms with Gasteiger partial charge in [0.05, 0.1) is 6.42 Å². The van der Waals surface area contributed by atoms with Crippen molar-refractivity contribution in [2.24, 2.45) is 0 Å². The Morgan fingerprint density at radius 3 is 2.53 bits per heavy atom. The molecule has 0 aliphatic rings. The maximum absolute atomic E-state index is 12.3. The molecule has 19 heavy (non-hydrogen) atoms. The second-order valence-electron chi connectivity index (χ2n) is 4.31. The molecule has 0 bridgehead atoms. The molecule has 0 aliphatic heterocycles. The Balaban J connectivity index is 2.97. The summed E-state index contributed by atoms with van der Waals surface area (Å²) >= 11 is 5.86. The van der Waals surface area contributed by atoms with Gasteiger partial charge in [0.2, 0.25) is 0 Å². The van der Waals surface area contributed by atoms with Crippen LogP contribution in [-0.2, 0) is 4.79 Å². The van der Waals surface area contributed by atoms with E-state index in [-0.39, 0.29) is 12.3 Å². The van der Waals surface area contributed by atoms with Crippen LogP contribution in [0.15, 0.2) is 18.2 Å². The summed E-state index contributed by atoms with van der Waals surface area (Å²) < 4.78 is 0. The SMILES string of the molecule is CCN(C(=O)c1cc(N)cc(Cl)c1)C(C)CC(=O)O. The minimum Gasteiger partial charge on any atom is -0.481 e. The van der Waals surface area contributed by atoms with Gasteiger partial charge in [-0.25, -0.2) is 0 Å². The normalized spacial score (nSPS) is 11.9. The van der Waals surface area contributed by atoms with Crippen molar-refractivity contribution in [1.82, 2.24) is 4.90 Å². The van der Waals surface area contributed by atoms with Crippen LogP contribution in [0.2, 0.25) is 5.02 Å². The summed E-state index contributed by atoms with van der Waals surface area (Å²) in [4.78, 5) is 24.5. The number of aliphatic carboxylic acids is 1. The Labute approximate surface area is 117 Å². The van der Waals surface area contributed by atoms with Gasteiger partial charge in [-0.05, 0) is 32.0 Å². The van der Waals surface area contributed by atoms with Gasteiger partial charge in [-0.15, -0.1) is 0 Å². The highest BCUT2D eigenvalue weighted by Gasteiger charge is 2.22. The van der Waals surface area contributed by atoms with Gasteiger partial charge in [-0.1, -0.05) is 11.6 Å². The lowest BCUT2D eigenvalue weighted by atomic mass is 10.1. The van der Waals surface area contributed by atoms with Gasteiger partial charge in [0, 0.05) is 28.9 Å². The molecule has 6 heteroatoms. The molecule has 0 radical (unpaired) electrons. The van der Waals surface area contributed by atoms with E-state index in [4.69, 9.17) is 22.4 Å². The molecule has 1 aromatic rings. The maximum Gasteiger partial charge on any atom is 0.305 e. The summed E-state index contributed by atoms with van der Waals surface area (Å²) in [5, 5.41) is 9.17. The van der Waals surface area contributed by atoms with Crippen molar-refractivity contribution in [3.05, 3.63) is 28.8 Å². The maximum atomic E-state index is 12.3. The van der Waals surface area contributed by atoms with E-state index in [2.05, 4.69) is 0 Å². The number of nitrogen functional groups attached to an aromatic ring is 1. The summed E-state index contributed by atoms with van der Waals surface area (Å²) in [6.45, 7) is 3.91. The first-order valence-corrected chi connectivity index (χ1v) is 6.31. The van der Waals surface area contributed by atoms with Gasteiger partial charge in [0.1, 0.15) is 0 Å². The van der Waals surface area contributed by atoms with E-state index in [1.165, 1.54) is 17.0 Å². The van der Waals surface area contributed by atoms with Crippen molar-refractivity contribution >= 4 is 29.2 Å². The number of nitrogens with two attached hydrogens (primary N) is 1. The summed E-state index contributed by atoms with van der Waals surface area (Å²) in [7, 11) is 0. The van der Waals surface area contributed by atoms with E-state index in [0.29, 0.717) is 22.8 Å². The predicted octanol–water partition coefficient (Wildman–Crippen LogP) is 2.25. The molecule has 0 fully saturated rings. The van der Waals surface area contributed by atoms with E-state index in [1.54, 1.807) is 19.9 Å². The number of amides is 1. The van der Waals surface area contributed by atoms with Gasteiger partial charge in [0.15, 0.2) is 0 Å². The Morgan fingerprint density at radius 1 is 1.42 bits per heavy atom. The number of carbonyl (C=O) groups is 2. The lowest BCUT2D eigenvalue weighted by Gasteiger charge is -2.27. The summed E-state index contributed by atoms with van der Waals surface area (Å²) in [6, 6.07) is 4.21. The summed E-state index contributed by atoms with van der Waals surface area (Å²) in [5.74, 6) is -1.21. The quantitative estimate of drug-likeness (QED) is 0.812. The average molecular weight is 285 g/mol. The minimum absolute atomic E-state index is 0.102. The monoisotopic (exact) mass is 284 g/mol. The van der Waals surface area contributed by atoms with E-state index < -0.39 is 12.0 Å². The molecule has 0 saturated carbocycles. The number of carboxylic acid groups (broad SMARTS) is 1. The van der Waals surface area contributed by atoms with E-state index >= 15 is 0 Å². The number of benzene rings is 1. The molecule has 1 atom stereocenters. The standard InChI is InChI=1S/C13H17ClN2O3/c1-3-16(8(2)4-12(17)18)13(19)9-5-10(14)7-11(15)6-9/h5-8H,3-4,15H2,1-2H3,(H,17,18). The molecule has 0 spiro atoms. The fourth-order valence-corrected chi connectivity index (χ4v) is 2.16. The van der Waals surface area contributed by atoms with Crippen LogP contribution in [0.4, 0.5) is 5.69 Å². The van der Waals surface area contributed by atoms with Crippen molar-refractivity contribution in [2.75, 3.05) is 12.3 Å². The third-order valence-corrected chi connectivity index (χ3v) is 2.99. The van der Waals surface area contributed by atoms with Crippen molar-refractivity contribution < 1.29 is 14.7 Å². The topological polar surface area (TPSA) is 83.6 Å². The summed E-state index contributed by atoms with van der Waals surface area (Å²) in [6.07, 6.45) is -0.102. The lowest BCUT2D eigenvalue weighted by Crippen LogP contribution is -2.39. The van der Waals surface area contributed by atoms with Crippen LogP contribution in [0.1, 0.15) is 30.6 Å². The van der Waals surface area contributed by atoms with E-state index in [0.717, 1.165) is 0 Å². The minimum atomic E-state index is -0.940. The number of carboxylic acids is 1. The number of hydrogen-bond acceptors (Lipinski definition) is 3. The summed E-state index contributed by atoms with van der Waals surface area (Å²) in [5.41, 5.74) is 6.41. The second-order valence-corrected chi connectivity index (χ2v) is 4.75. The molecule has 1 amide bonds. The van der Waals surface area contributed by atoms with Crippen LogP contribution in [0, 0.1) is 0 Å². The third kappa shape index (κ3) is 4.13. The Bertz CT molecular complexity index is 471. The Hall–Kier alpha value is -1.75. The third-order valence-electron chi connectivity index (χ3n) is 2.77. The first kappa shape index (κ1) is 15.3. The molecule has 1 unspecified atom stereocenters. The van der Waals surface area contributed by atoms with Crippen LogP contribution < -0.4 is 5.73 Å². The fraction of sp³-hybridized carbons (Fsp3) is 0.385. The van der Waals surface area contributed by atoms with Crippen LogP contribution in [0.5, 0.6) is 0 Å². The molecule has 0 aromatic heterocycles. The van der Waals surface area contributed by atoms with Crippen molar-refractivity contribution in [3.8, 4) is 0 Å². The number of hydrogen-bond donors (Lipinski definition) is 2. The Morgan fingerprint density at radius 2 is 2.05 bits per heavy atom. The van der Waals surface area contributed by atoms with Gasteiger partial charge >= 0.3 is 5.97 Å². The molecule has 1 rings (SSSR count). The highest BCUT2D eigenvalue weighted by Crippen LogP contribution is 2.19. The van der Waals surface area contributed by atoms with Gasteiger partial charge < -0.3 is 15.7 Å². The average Bonchev–Trinajstić information content (AvgIpc) is 2.27. The lowest BCUT2D eigenvalue weighted by molar-refractivity contribution is -0.138. The molecule has 0 saturated heterocycles. The van der Waals surface area contributed by atoms with Crippen molar-refractivity contribution in [2.45, 2.75) is 26.3 Å². The van der Waals surface area contributed by atoms with Crippen LogP contribution in [0.3, 0.4) is 0 Å². The first-order valence-electron chi connectivity index (χ1n) is 5.94. The smallest absolute Gasteiger partial charge is 0.305 e. The number of anilines is 1. The zero-order valence-corrected chi connectivity index (χ0v) is 11.6. The largest absolute Gasteiger partial charge is 0.481 e. The van der Waals surface area contributed by atoms with Crippen LogP contribution in [-0.4, -0.2) is 34.5 Å². The molecule has 5 nitrogen and oxygen atoms in total. The number of rotatable bonds is 5. The van der Waals surface area contributed by atoms with Gasteiger partial charge in [-0.3, -0.25) is 9.59 Å². The highest BCUT2D eigenvalue weighted by molar-refractivity contribution is 6.31. The number of carbonyl (C=O) groups excluding carboxylic acids is 1. The highest BCUT2D eigenvalue weighted by atomic mass is 35.5. The van der Waals surface area contributed by atoms with Gasteiger partial charge in [0.25, 0.3) is 5.91 Å². The van der Waals surface area contributed by atoms with Crippen LogP contribution >= 0.6 is 11.6 Å². The molecular formula is C13H17ClN2O3.